The van der Waals surface area contributed by atoms with Crippen LogP contribution in [-0.2, 0) is 15.0 Å². The SMILES string of the molecule is CC(C)N(CC(N)=O)C(=O)CCCOc1ccc(C(C)(C)C)cc1. The number of hydrogen-bond donors (Lipinski definition) is 1. The monoisotopic (exact) mass is 334 g/mol. The van der Waals surface area contributed by atoms with Crippen LogP contribution in [0, 0.1) is 0 Å². The van der Waals surface area contributed by atoms with Gasteiger partial charge in [-0.15, -0.1) is 0 Å². The highest BCUT2D eigenvalue weighted by Gasteiger charge is 2.18. The Bertz CT molecular complexity index is 545. The van der Waals surface area contributed by atoms with E-state index in [1.165, 1.54) is 10.5 Å². The molecule has 0 spiro atoms. The summed E-state index contributed by atoms with van der Waals surface area (Å²) in [7, 11) is 0. The summed E-state index contributed by atoms with van der Waals surface area (Å²) in [6.07, 6.45) is 0.938. The summed E-state index contributed by atoms with van der Waals surface area (Å²) in [5.74, 6) is 0.232. The minimum Gasteiger partial charge on any atom is -0.494 e. The number of ether oxygens (including phenoxy) is 1. The normalized spacial score (nSPS) is 11.4. The molecule has 0 saturated carbocycles. The quantitative estimate of drug-likeness (QED) is 0.743. The van der Waals surface area contributed by atoms with Gasteiger partial charge in [0, 0.05) is 12.5 Å². The Hall–Kier alpha value is -2.04. The predicted octanol–water partition coefficient (Wildman–Crippen LogP) is 2.87. The molecule has 1 aromatic carbocycles. The fraction of sp³-hybridized carbons (Fsp3) is 0.579. The van der Waals surface area contributed by atoms with Crippen molar-refractivity contribution < 1.29 is 14.3 Å². The molecular weight excluding hydrogens is 304 g/mol. The van der Waals surface area contributed by atoms with Gasteiger partial charge in [0.05, 0.1) is 13.2 Å². The lowest BCUT2D eigenvalue weighted by Gasteiger charge is -2.25. The van der Waals surface area contributed by atoms with E-state index in [2.05, 4.69) is 32.9 Å². The summed E-state index contributed by atoms with van der Waals surface area (Å²) in [6.45, 7) is 10.7. The van der Waals surface area contributed by atoms with Crippen LogP contribution >= 0.6 is 0 Å². The van der Waals surface area contributed by atoms with Crippen LogP contribution in [0.4, 0.5) is 0 Å². The van der Waals surface area contributed by atoms with Gasteiger partial charge in [-0.1, -0.05) is 32.9 Å². The van der Waals surface area contributed by atoms with Gasteiger partial charge in [-0.05, 0) is 43.4 Å². The van der Waals surface area contributed by atoms with E-state index >= 15 is 0 Å². The lowest BCUT2D eigenvalue weighted by Crippen LogP contribution is -2.42. The van der Waals surface area contributed by atoms with Gasteiger partial charge in [0.15, 0.2) is 0 Å². The molecule has 0 heterocycles. The third kappa shape index (κ3) is 6.60. The number of benzene rings is 1. The van der Waals surface area contributed by atoms with E-state index in [0.717, 1.165) is 5.75 Å². The molecule has 0 aliphatic carbocycles. The zero-order valence-electron chi connectivity index (χ0n) is 15.5. The minimum absolute atomic E-state index is 0.0361. The molecule has 1 aromatic rings. The molecular formula is C19H30N2O3. The van der Waals surface area contributed by atoms with E-state index in [1.807, 2.05) is 26.0 Å². The van der Waals surface area contributed by atoms with Crippen LogP contribution in [0.15, 0.2) is 24.3 Å². The van der Waals surface area contributed by atoms with Crippen LogP contribution in [0.2, 0.25) is 0 Å². The summed E-state index contributed by atoms with van der Waals surface area (Å²) < 4.78 is 5.68. The lowest BCUT2D eigenvalue weighted by molar-refractivity contribution is -0.137. The Morgan fingerprint density at radius 1 is 1.17 bits per heavy atom. The number of carbonyl (C=O) groups excluding carboxylic acids is 2. The Morgan fingerprint density at radius 3 is 2.21 bits per heavy atom. The van der Waals surface area contributed by atoms with Gasteiger partial charge in [-0.3, -0.25) is 9.59 Å². The molecule has 0 saturated heterocycles. The van der Waals surface area contributed by atoms with Crippen molar-refractivity contribution in [2.75, 3.05) is 13.2 Å². The highest BCUT2D eigenvalue weighted by atomic mass is 16.5. The molecule has 2 amide bonds. The number of nitrogens with zero attached hydrogens (tertiary/aromatic N) is 1. The first-order chi connectivity index (χ1) is 11.1. The number of amides is 2. The predicted molar refractivity (Wildman–Crippen MR) is 95.9 cm³/mol. The summed E-state index contributed by atoms with van der Waals surface area (Å²) >= 11 is 0. The van der Waals surface area contributed by atoms with Crippen LogP contribution in [0.1, 0.15) is 53.0 Å². The highest BCUT2D eigenvalue weighted by molar-refractivity contribution is 5.84. The molecule has 0 unspecified atom stereocenters. The van der Waals surface area contributed by atoms with Gasteiger partial charge in [0.1, 0.15) is 5.75 Å². The van der Waals surface area contributed by atoms with Gasteiger partial charge in [0.2, 0.25) is 11.8 Å². The number of rotatable bonds is 8. The number of nitrogens with two attached hydrogens (primary N) is 1. The smallest absolute Gasteiger partial charge is 0.237 e. The zero-order valence-corrected chi connectivity index (χ0v) is 15.5. The van der Waals surface area contributed by atoms with Gasteiger partial charge >= 0.3 is 0 Å². The molecule has 0 radical (unpaired) electrons. The van der Waals surface area contributed by atoms with Crippen molar-refractivity contribution in [2.45, 2.75) is 58.9 Å². The fourth-order valence-corrected chi connectivity index (χ4v) is 2.33. The second-order valence-corrected chi connectivity index (χ2v) is 7.31. The molecule has 0 aliphatic heterocycles. The van der Waals surface area contributed by atoms with Crippen LogP contribution in [0.5, 0.6) is 5.75 Å². The average molecular weight is 334 g/mol. The first kappa shape index (κ1) is 20.0. The van der Waals surface area contributed by atoms with Crippen molar-refractivity contribution >= 4 is 11.8 Å². The summed E-state index contributed by atoms with van der Waals surface area (Å²) in [6, 6.07) is 7.99. The number of primary amides is 1. The van der Waals surface area contributed by atoms with Gasteiger partial charge in [0.25, 0.3) is 0 Å². The summed E-state index contributed by atoms with van der Waals surface area (Å²) in [5, 5.41) is 0. The maximum Gasteiger partial charge on any atom is 0.237 e. The maximum absolute atomic E-state index is 12.1. The van der Waals surface area contributed by atoms with E-state index in [9.17, 15) is 9.59 Å². The van der Waals surface area contributed by atoms with Crippen LogP contribution < -0.4 is 10.5 Å². The van der Waals surface area contributed by atoms with Crippen molar-refractivity contribution in [3.8, 4) is 5.75 Å². The molecule has 134 valence electrons. The van der Waals surface area contributed by atoms with Crippen molar-refractivity contribution in [3.05, 3.63) is 29.8 Å². The molecule has 2 N–H and O–H groups in total. The summed E-state index contributed by atoms with van der Waals surface area (Å²) in [5.41, 5.74) is 6.56. The molecule has 0 fully saturated rings. The lowest BCUT2D eigenvalue weighted by atomic mass is 9.87. The van der Waals surface area contributed by atoms with Crippen LogP contribution in [0.25, 0.3) is 0 Å². The standard InChI is InChI=1S/C19H30N2O3/c1-14(2)21(13-17(20)22)18(23)7-6-12-24-16-10-8-15(9-11-16)19(3,4)5/h8-11,14H,6-7,12-13H2,1-5H3,(H2,20,22). The molecule has 5 heteroatoms. The molecule has 5 nitrogen and oxygen atoms in total. The van der Waals surface area contributed by atoms with Crippen LogP contribution in [-0.4, -0.2) is 35.9 Å². The molecule has 1 rings (SSSR count). The third-order valence-corrected chi connectivity index (χ3v) is 3.79. The topological polar surface area (TPSA) is 72.6 Å². The Balaban J connectivity index is 2.42. The molecule has 24 heavy (non-hydrogen) atoms. The molecule has 0 atom stereocenters. The molecule has 0 aliphatic rings. The molecule has 0 bridgehead atoms. The van der Waals surface area contributed by atoms with E-state index in [1.54, 1.807) is 0 Å². The van der Waals surface area contributed by atoms with Crippen molar-refractivity contribution in [1.29, 1.82) is 0 Å². The van der Waals surface area contributed by atoms with Gasteiger partial charge in [-0.2, -0.15) is 0 Å². The Labute approximate surface area is 145 Å². The van der Waals surface area contributed by atoms with E-state index in [4.69, 9.17) is 10.5 Å². The minimum atomic E-state index is -0.493. The van der Waals surface area contributed by atoms with E-state index < -0.39 is 5.91 Å². The first-order valence-electron chi connectivity index (χ1n) is 8.42. The van der Waals surface area contributed by atoms with Crippen molar-refractivity contribution in [3.63, 3.8) is 0 Å². The largest absolute Gasteiger partial charge is 0.494 e. The maximum atomic E-state index is 12.1. The zero-order chi connectivity index (χ0) is 18.3. The fourth-order valence-electron chi connectivity index (χ4n) is 2.33. The molecule has 0 aromatic heterocycles. The van der Waals surface area contributed by atoms with Crippen LogP contribution in [0.3, 0.4) is 0 Å². The van der Waals surface area contributed by atoms with Crippen molar-refractivity contribution in [1.82, 2.24) is 4.90 Å². The number of carbonyl (C=O) groups is 2. The highest BCUT2D eigenvalue weighted by Crippen LogP contribution is 2.24. The Morgan fingerprint density at radius 2 is 1.75 bits per heavy atom. The van der Waals surface area contributed by atoms with Gasteiger partial charge in [-0.25, -0.2) is 0 Å². The Kier molecular flexibility index (Phi) is 7.26. The van der Waals surface area contributed by atoms with E-state index in [-0.39, 0.29) is 23.9 Å². The van der Waals surface area contributed by atoms with Crippen molar-refractivity contribution in [2.24, 2.45) is 5.73 Å². The average Bonchev–Trinajstić information content (AvgIpc) is 2.48. The first-order valence-corrected chi connectivity index (χ1v) is 8.42. The number of hydrogen-bond acceptors (Lipinski definition) is 3. The summed E-state index contributed by atoms with van der Waals surface area (Å²) in [4.78, 5) is 24.7. The van der Waals surface area contributed by atoms with E-state index in [0.29, 0.717) is 19.4 Å². The third-order valence-electron chi connectivity index (χ3n) is 3.79. The van der Waals surface area contributed by atoms with Gasteiger partial charge < -0.3 is 15.4 Å². The second kappa shape index (κ2) is 8.71. The second-order valence-electron chi connectivity index (χ2n) is 7.31.